The maximum atomic E-state index is 11.9. The molecule has 5 nitrogen and oxygen atoms in total. The van der Waals surface area contributed by atoms with Gasteiger partial charge in [-0.1, -0.05) is 18.5 Å². The van der Waals surface area contributed by atoms with Crippen LogP contribution in [0.5, 0.6) is 0 Å². The summed E-state index contributed by atoms with van der Waals surface area (Å²) in [6, 6.07) is -0.513. The van der Waals surface area contributed by atoms with E-state index in [0.717, 1.165) is 17.8 Å². The van der Waals surface area contributed by atoms with Crippen molar-refractivity contribution in [2.75, 3.05) is 13.7 Å². The smallest absolute Gasteiger partial charge is 0.155 e. The second-order valence-corrected chi connectivity index (χ2v) is 4.59. The number of hydrogen-bond donors (Lipinski definition) is 1. The average Bonchev–Trinajstić information content (AvgIpc) is 2.63. The molecule has 0 aliphatic rings. The van der Waals surface area contributed by atoms with Gasteiger partial charge >= 0.3 is 0 Å². The van der Waals surface area contributed by atoms with E-state index >= 15 is 0 Å². The summed E-state index contributed by atoms with van der Waals surface area (Å²) in [5.41, 5.74) is 7.33. The van der Waals surface area contributed by atoms with E-state index in [1.54, 1.807) is 18.8 Å². The summed E-state index contributed by atoms with van der Waals surface area (Å²) in [5, 5.41) is 4.85. The van der Waals surface area contributed by atoms with Gasteiger partial charge in [0.05, 0.1) is 28.9 Å². The largest absolute Gasteiger partial charge is 0.385 e. The Morgan fingerprint density at radius 1 is 1.61 bits per heavy atom. The molecule has 102 valence electrons. The van der Waals surface area contributed by atoms with Crippen molar-refractivity contribution in [2.45, 2.75) is 32.2 Å². The van der Waals surface area contributed by atoms with Crippen LogP contribution in [0.3, 0.4) is 0 Å². The molecule has 0 aliphatic carbocycles. The van der Waals surface area contributed by atoms with Crippen molar-refractivity contribution in [3.63, 3.8) is 0 Å². The van der Waals surface area contributed by atoms with Gasteiger partial charge in [-0.25, -0.2) is 0 Å². The first-order chi connectivity index (χ1) is 8.51. The van der Waals surface area contributed by atoms with E-state index in [1.807, 2.05) is 6.92 Å². The normalized spacial score (nSPS) is 12.7. The molecule has 0 aliphatic heterocycles. The molecule has 1 atom stereocenters. The van der Waals surface area contributed by atoms with E-state index in [0.29, 0.717) is 18.1 Å². The number of hydrogen-bond acceptors (Lipinski definition) is 4. The fraction of sp³-hybridized carbons (Fsp3) is 0.667. The summed E-state index contributed by atoms with van der Waals surface area (Å²) in [7, 11) is 3.37. The maximum absolute atomic E-state index is 11.9. The van der Waals surface area contributed by atoms with Crippen LogP contribution in [0.1, 0.15) is 24.7 Å². The zero-order valence-corrected chi connectivity index (χ0v) is 11.8. The fourth-order valence-electron chi connectivity index (χ4n) is 1.71. The highest BCUT2D eigenvalue weighted by Gasteiger charge is 2.19. The highest BCUT2D eigenvalue weighted by molar-refractivity contribution is 6.32. The van der Waals surface area contributed by atoms with Crippen molar-refractivity contribution >= 4 is 17.4 Å². The minimum absolute atomic E-state index is 0.0420. The molecule has 0 aromatic carbocycles. The highest BCUT2D eigenvalue weighted by atomic mass is 35.5. The summed E-state index contributed by atoms with van der Waals surface area (Å²) in [6.07, 6.45) is 1.48. The summed E-state index contributed by atoms with van der Waals surface area (Å²) >= 11 is 6.18. The van der Waals surface area contributed by atoms with Gasteiger partial charge in [0, 0.05) is 20.8 Å². The van der Waals surface area contributed by atoms with E-state index in [1.165, 1.54) is 0 Å². The van der Waals surface area contributed by atoms with Crippen molar-refractivity contribution in [3.8, 4) is 0 Å². The van der Waals surface area contributed by atoms with Crippen LogP contribution in [-0.4, -0.2) is 35.3 Å². The van der Waals surface area contributed by atoms with E-state index in [2.05, 4.69) is 5.10 Å². The molecule has 0 bridgehead atoms. The lowest BCUT2D eigenvalue weighted by atomic mass is 10.1. The lowest BCUT2D eigenvalue weighted by molar-refractivity contribution is -0.120. The molecule has 1 unspecified atom stereocenters. The molecule has 18 heavy (non-hydrogen) atoms. The van der Waals surface area contributed by atoms with E-state index in [-0.39, 0.29) is 12.2 Å². The molecule has 0 fully saturated rings. The van der Waals surface area contributed by atoms with Crippen LogP contribution in [-0.2, 0) is 29.4 Å². The second kappa shape index (κ2) is 6.87. The minimum atomic E-state index is -0.513. The van der Waals surface area contributed by atoms with Crippen LogP contribution in [0.15, 0.2) is 0 Å². The van der Waals surface area contributed by atoms with Crippen LogP contribution in [0.25, 0.3) is 0 Å². The van der Waals surface area contributed by atoms with Crippen LogP contribution in [0.4, 0.5) is 0 Å². The molecule has 2 N–H and O–H groups in total. The van der Waals surface area contributed by atoms with Crippen LogP contribution in [0, 0.1) is 0 Å². The number of carbonyl (C=O) groups excluding carboxylic acids is 1. The predicted molar refractivity (Wildman–Crippen MR) is 70.8 cm³/mol. The second-order valence-electron chi connectivity index (χ2n) is 4.22. The zero-order valence-electron chi connectivity index (χ0n) is 11.1. The van der Waals surface area contributed by atoms with Gasteiger partial charge in [0.25, 0.3) is 0 Å². The molecule has 0 amide bonds. The number of rotatable bonds is 7. The first kappa shape index (κ1) is 15.1. The van der Waals surface area contributed by atoms with E-state index in [9.17, 15) is 4.79 Å². The van der Waals surface area contributed by atoms with Crippen molar-refractivity contribution in [3.05, 3.63) is 16.4 Å². The molecule has 1 aromatic rings. The molecule has 6 heteroatoms. The van der Waals surface area contributed by atoms with Gasteiger partial charge < -0.3 is 10.5 Å². The Balaban J connectivity index is 2.72. The fourth-order valence-corrected chi connectivity index (χ4v) is 2.07. The first-order valence-corrected chi connectivity index (χ1v) is 6.36. The van der Waals surface area contributed by atoms with Crippen molar-refractivity contribution < 1.29 is 9.53 Å². The quantitative estimate of drug-likeness (QED) is 0.808. The molecule has 1 rings (SSSR count). The zero-order chi connectivity index (χ0) is 13.7. The number of aryl methyl sites for hydroxylation is 2. The molecule has 0 saturated carbocycles. The van der Waals surface area contributed by atoms with E-state index < -0.39 is 6.04 Å². The van der Waals surface area contributed by atoms with E-state index in [4.69, 9.17) is 22.1 Å². The van der Waals surface area contributed by atoms with Gasteiger partial charge in [0.15, 0.2) is 5.78 Å². The average molecular weight is 274 g/mol. The molecule has 1 heterocycles. The molecule has 0 spiro atoms. The number of methoxy groups -OCH3 is 1. The topological polar surface area (TPSA) is 70.1 Å². The molecular formula is C12H20ClN3O2. The molecule has 0 saturated heterocycles. The SMILES string of the molecule is CCc1nn(C)c(CC(=O)C(N)CCOC)c1Cl. The summed E-state index contributed by atoms with van der Waals surface area (Å²) in [5.74, 6) is -0.0420. The van der Waals surface area contributed by atoms with Crippen LogP contribution >= 0.6 is 11.6 Å². The predicted octanol–water partition coefficient (Wildman–Crippen LogP) is 1.11. The number of nitrogens with zero attached hydrogens (tertiary/aromatic N) is 2. The Labute approximate surface area is 112 Å². The Hall–Kier alpha value is -0.910. The maximum Gasteiger partial charge on any atom is 0.155 e. The van der Waals surface area contributed by atoms with Gasteiger partial charge in [-0.15, -0.1) is 0 Å². The number of Topliss-reactive ketones (excluding diaryl/α,β-unsaturated/α-hetero) is 1. The first-order valence-electron chi connectivity index (χ1n) is 5.98. The summed E-state index contributed by atoms with van der Waals surface area (Å²) in [6.45, 7) is 2.45. The number of halogens is 1. The summed E-state index contributed by atoms with van der Waals surface area (Å²) in [4.78, 5) is 11.9. The number of nitrogens with two attached hydrogens (primary N) is 1. The van der Waals surface area contributed by atoms with Crippen molar-refractivity contribution in [1.29, 1.82) is 0 Å². The van der Waals surface area contributed by atoms with Crippen molar-refractivity contribution in [1.82, 2.24) is 9.78 Å². The minimum Gasteiger partial charge on any atom is -0.385 e. The Bertz CT molecular complexity index is 418. The van der Waals surface area contributed by atoms with Gasteiger partial charge in [0.1, 0.15) is 0 Å². The third-order valence-corrected chi connectivity index (χ3v) is 3.33. The highest BCUT2D eigenvalue weighted by Crippen LogP contribution is 2.21. The Kier molecular flexibility index (Phi) is 5.78. The number of aromatic nitrogens is 2. The van der Waals surface area contributed by atoms with Gasteiger partial charge in [-0.05, 0) is 12.8 Å². The lowest BCUT2D eigenvalue weighted by Crippen LogP contribution is -2.33. The third kappa shape index (κ3) is 3.54. The molecule has 1 aromatic heterocycles. The Morgan fingerprint density at radius 2 is 2.28 bits per heavy atom. The molecule has 0 radical (unpaired) electrons. The van der Waals surface area contributed by atoms with Gasteiger partial charge in [-0.3, -0.25) is 9.48 Å². The lowest BCUT2D eigenvalue weighted by Gasteiger charge is -2.10. The number of carbonyl (C=O) groups is 1. The monoisotopic (exact) mass is 273 g/mol. The van der Waals surface area contributed by atoms with Crippen LogP contribution < -0.4 is 5.73 Å². The standard InChI is InChI=1S/C12H20ClN3O2/c1-4-9-12(13)10(16(2)15-9)7-11(17)8(14)5-6-18-3/h8H,4-7,14H2,1-3H3. The third-order valence-electron chi connectivity index (χ3n) is 2.89. The van der Waals surface area contributed by atoms with Gasteiger partial charge in [-0.2, -0.15) is 5.10 Å². The molecular weight excluding hydrogens is 254 g/mol. The number of ketones is 1. The Morgan fingerprint density at radius 3 is 2.78 bits per heavy atom. The van der Waals surface area contributed by atoms with Crippen LogP contribution in [0.2, 0.25) is 5.02 Å². The van der Waals surface area contributed by atoms with Gasteiger partial charge in [0.2, 0.25) is 0 Å². The number of ether oxygens (including phenoxy) is 1. The summed E-state index contributed by atoms with van der Waals surface area (Å²) < 4.78 is 6.56. The van der Waals surface area contributed by atoms with Crippen molar-refractivity contribution in [2.24, 2.45) is 12.8 Å².